The number of aryl methyl sites for hydroxylation is 1. The molecule has 0 aliphatic carbocycles. The van der Waals surface area contributed by atoms with E-state index in [0.29, 0.717) is 10.7 Å². The molecule has 0 bridgehead atoms. The van der Waals surface area contributed by atoms with Crippen LogP contribution in [0.15, 0.2) is 30.6 Å². The number of rotatable bonds is 2. The van der Waals surface area contributed by atoms with Crippen molar-refractivity contribution in [1.82, 2.24) is 9.78 Å². The average molecular weight is 237 g/mol. The van der Waals surface area contributed by atoms with E-state index in [2.05, 4.69) is 5.10 Å². The SMILES string of the molecule is Cc1ccc(-n2cc(Cl)cn2)c(C(=O)O)c1. The van der Waals surface area contributed by atoms with Crippen molar-refractivity contribution in [2.24, 2.45) is 0 Å². The molecule has 0 unspecified atom stereocenters. The van der Waals surface area contributed by atoms with Crippen LogP contribution in [0.1, 0.15) is 15.9 Å². The van der Waals surface area contributed by atoms with Gasteiger partial charge in [0.15, 0.2) is 0 Å². The molecule has 0 spiro atoms. The molecule has 0 amide bonds. The number of carboxylic acid groups (broad SMARTS) is 1. The second kappa shape index (κ2) is 3.98. The van der Waals surface area contributed by atoms with Gasteiger partial charge >= 0.3 is 5.97 Å². The Bertz CT molecular complexity index is 549. The normalized spacial score (nSPS) is 10.4. The first-order valence-corrected chi connectivity index (χ1v) is 5.00. The Morgan fingerprint density at radius 2 is 2.25 bits per heavy atom. The van der Waals surface area contributed by atoms with E-state index < -0.39 is 5.97 Å². The van der Waals surface area contributed by atoms with E-state index in [1.165, 1.54) is 10.9 Å². The molecule has 1 aromatic carbocycles. The predicted molar refractivity (Wildman–Crippen MR) is 60.3 cm³/mol. The first-order valence-electron chi connectivity index (χ1n) is 4.62. The van der Waals surface area contributed by atoms with Gasteiger partial charge in [-0.2, -0.15) is 5.10 Å². The maximum absolute atomic E-state index is 11.1. The van der Waals surface area contributed by atoms with Crippen LogP contribution in [0.5, 0.6) is 0 Å². The molecule has 82 valence electrons. The summed E-state index contributed by atoms with van der Waals surface area (Å²) in [6.45, 7) is 1.84. The van der Waals surface area contributed by atoms with Gasteiger partial charge in [0.25, 0.3) is 0 Å². The topological polar surface area (TPSA) is 55.1 Å². The number of aromatic nitrogens is 2. The van der Waals surface area contributed by atoms with Crippen molar-refractivity contribution in [3.05, 3.63) is 46.7 Å². The highest BCUT2D eigenvalue weighted by atomic mass is 35.5. The third-order valence-corrected chi connectivity index (χ3v) is 2.38. The summed E-state index contributed by atoms with van der Waals surface area (Å²) in [4.78, 5) is 11.1. The van der Waals surface area contributed by atoms with E-state index in [9.17, 15) is 4.79 Å². The summed E-state index contributed by atoms with van der Waals surface area (Å²) in [5, 5.41) is 13.5. The number of nitrogens with zero attached hydrogens (tertiary/aromatic N) is 2. The summed E-state index contributed by atoms with van der Waals surface area (Å²) >= 11 is 5.74. The molecule has 1 heterocycles. The second-order valence-corrected chi connectivity index (χ2v) is 3.87. The standard InChI is InChI=1S/C11H9ClN2O2/c1-7-2-3-10(9(4-7)11(15)16)14-6-8(12)5-13-14/h2-6H,1H3,(H,15,16). The van der Waals surface area contributed by atoms with E-state index in [0.717, 1.165) is 5.56 Å². The molecule has 0 atom stereocenters. The van der Waals surface area contributed by atoms with Gasteiger partial charge in [0.05, 0.1) is 22.5 Å². The smallest absolute Gasteiger partial charge is 0.337 e. The second-order valence-electron chi connectivity index (χ2n) is 3.43. The molecule has 0 radical (unpaired) electrons. The van der Waals surface area contributed by atoms with Crippen molar-refractivity contribution in [3.63, 3.8) is 0 Å². The number of halogens is 1. The van der Waals surface area contributed by atoms with Gasteiger partial charge in [0, 0.05) is 6.20 Å². The fourth-order valence-electron chi connectivity index (χ4n) is 1.45. The van der Waals surface area contributed by atoms with Crippen LogP contribution < -0.4 is 0 Å². The molecule has 0 fully saturated rings. The highest BCUT2D eigenvalue weighted by Gasteiger charge is 2.12. The van der Waals surface area contributed by atoms with Crippen LogP contribution in [-0.2, 0) is 0 Å². The Morgan fingerprint density at radius 1 is 1.50 bits per heavy atom. The zero-order valence-electron chi connectivity index (χ0n) is 8.51. The van der Waals surface area contributed by atoms with Crippen molar-refractivity contribution in [2.75, 3.05) is 0 Å². The summed E-state index contributed by atoms with van der Waals surface area (Å²) < 4.78 is 1.45. The minimum absolute atomic E-state index is 0.208. The third kappa shape index (κ3) is 1.92. The van der Waals surface area contributed by atoms with E-state index in [1.807, 2.05) is 13.0 Å². The van der Waals surface area contributed by atoms with E-state index in [-0.39, 0.29) is 5.56 Å². The lowest BCUT2D eigenvalue weighted by Crippen LogP contribution is -2.06. The lowest BCUT2D eigenvalue weighted by atomic mass is 10.1. The van der Waals surface area contributed by atoms with Gasteiger partial charge < -0.3 is 5.11 Å². The number of hydrogen-bond acceptors (Lipinski definition) is 2. The maximum Gasteiger partial charge on any atom is 0.337 e. The molecule has 1 aromatic heterocycles. The molecule has 1 N–H and O–H groups in total. The number of carbonyl (C=O) groups is 1. The number of aromatic carboxylic acids is 1. The quantitative estimate of drug-likeness (QED) is 0.872. The summed E-state index contributed by atoms with van der Waals surface area (Å²) in [6, 6.07) is 5.15. The van der Waals surface area contributed by atoms with E-state index >= 15 is 0 Å². The Balaban J connectivity index is 2.60. The average Bonchev–Trinajstić information content (AvgIpc) is 2.64. The summed E-state index contributed by atoms with van der Waals surface area (Å²) in [6.07, 6.45) is 3.03. The summed E-state index contributed by atoms with van der Waals surface area (Å²) in [5.41, 5.74) is 1.60. The lowest BCUT2D eigenvalue weighted by molar-refractivity contribution is 0.0696. The Labute approximate surface area is 97.1 Å². The molecule has 0 saturated heterocycles. The Morgan fingerprint density at radius 3 is 2.81 bits per heavy atom. The van der Waals surface area contributed by atoms with Crippen LogP contribution in [0.2, 0.25) is 5.02 Å². The molecular weight excluding hydrogens is 228 g/mol. The molecule has 2 aromatic rings. The third-order valence-electron chi connectivity index (χ3n) is 2.18. The van der Waals surface area contributed by atoms with Gasteiger partial charge in [0.1, 0.15) is 0 Å². The van der Waals surface area contributed by atoms with E-state index in [1.54, 1.807) is 18.3 Å². The van der Waals surface area contributed by atoms with Gasteiger partial charge in [-0.1, -0.05) is 23.2 Å². The maximum atomic E-state index is 11.1. The molecule has 2 rings (SSSR count). The van der Waals surface area contributed by atoms with Crippen LogP contribution in [0, 0.1) is 6.92 Å². The van der Waals surface area contributed by atoms with Crippen LogP contribution in [0.4, 0.5) is 0 Å². The van der Waals surface area contributed by atoms with E-state index in [4.69, 9.17) is 16.7 Å². The zero-order valence-corrected chi connectivity index (χ0v) is 9.27. The minimum Gasteiger partial charge on any atom is -0.478 e. The van der Waals surface area contributed by atoms with Crippen LogP contribution in [-0.4, -0.2) is 20.9 Å². The molecule has 0 aliphatic heterocycles. The number of benzene rings is 1. The Hall–Kier alpha value is -1.81. The molecule has 5 heteroatoms. The highest BCUT2D eigenvalue weighted by Crippen LogP contribution is 2.18. The van der Waals surface area contributed by atoms with Crippen LogP contribution in [0.25, 0.3) is 5.69 Å². The summed E-state index contributed by atoms with van der Waals surface area (Å²) in [7, 11) is 0. The number of hydrogen-bond donors (Lipinski definition) is 1. The molecule has 0 saturated carbocycles. The van der Waals surface area contributed by atoms with Gasteiger partial charge in [0.2, 0.25) is 0 Å². The van der Waals surface area contributed by atoms with Crippen molar-refractivity contribution < 1.29 is 9.90 Å². The fraction of sp³-hybridized carbons (Fsp3) is 0.0909. The zero-order chi connectivity index (χ0) is 11.7. The molecule has 0 aliphatic rings. The lowest BCUT2D eigenvalue weighted by Gasteiger charge is -2.06. The molecule has 4 nitrogen and oxygen atoms in total. The first kappa shape index (κ1) is 10.7. The van der Waals surface area contributed by atoms with Crippen molar-refractivity contribution >= 4 is 17.6 Å². The summed E-state index contributed by atoms with van der Waals surface area (Å²) in [5.74, 6) is -0.981. The molecular formula is C11H9ClN2O2. The van der Waals surface area contributed by atoms with Gasteiger partial charge in [-0.3, -0.25) is 0 Å². The van der Waals surface area contributed by atoms with Crippen molar-refractivity contribution in [2.45, 2.75) is 6.92 Å². The minimum atomic E-state index is -0.981. The largest absolute Gasteiger partial charge is 0.478 e. The van der Waals surface area contributed by atoms with Crippen LogP contribution in [0.3, 0.4) is 0 Å². The van der Waals surface area contributed by atoms with Crippen LogP contribution >= 0.6 is 11.6 Å². The fourth-order valence-corrected chi connectivity index (χ4v) is 1.59. The predicted octanol–water partition coefficient (Wildman–Crippen LogP) is 2.53. The molecule has 16 heavy (non-hydrogen) atoms. The Kier molecular flexibility index (Phi) is 2.66. The first-order chi connectivity index (χ1) is 7.58. The van der Waals surface area contributed by atoms with Gasteiger partial charge in [-0.25, -0.2) is 9.48 Å². The number of carboxylic acids is 1. The van der Waals surface area contributed by atoms with Gasteiger partial charge in [-0.15, -0.1) is 0 Å². The highest BCUT2D eigenvalue weighted by molar-refractivity contribution is 6.30. The van der Waals surface area contributed by atoms with Gasteiger partial charge in [-0.05, 0) is 19.1 Å². The van der Waals surface area contributed by atoms with Crippen molar-refractivity contribution in [1.29, 1.82) is 0 Å². The van der Waals surface area contributed by atoms with Crippen molar-refractivity contribution in [3.8, 4) is 5.69 Å². The monoisotopic (exact) mass is 236 g/mol.